The van der Waals surface area contributed by atoms with Gasteiger partial charge in [0.15, 0.2) is 0 Å². The SMILES string of the molecule is N=C(N)c1ccc(OCCCC(F)(F)F)cc1Cl. The lowest BCUT2D eigenvalue weighted by Gasteiger charge is -2.09. The molecule has 0 aliphatic rings. The molecule has 0 atom stereocenters. The number of hydrogen-bond donors (Lipinski definition) is 2. The molecule has 0 aromatic heterocycles. The molecule has 7 heteroatoms. The molecule has 0 radical (unpaired) electrons. The Balaban J connectivity index is 2.49. The van der Waals surface area contributed by atoms with Crippen LogP contribution in [0.1, 0.15) is 18.4 Å². The fraction of sp³-hybridized carbons (Fsp3) is 0.364. The van der Waals surface area contributed by atoms with E-state index in [1.54, 1.807) is 0 Å². The second kappa shape index (κ2) is 5.95. The van der Waals surface area contributed by atoms with Crippen LogP contribution >= 0.6 is 11.6 Å². The van der Waals surface area contributed by atoms with Crippen LogP contribution < -0.4 is 10.5 Å². The van der Waals surface area contributed by atoms with Gasteiger partial charge in [-0.15, -0.1) is 0 Å². The molecule has 3 nitrogen and oxygen atoms in total. The van der Waals surface area contributed by atoms with Crippen LogP contribution in [0.25, 0.3) is 0 Å². The third-order valence-electron chi connectivity index (χ3n) is 2.10. The molecular weight excluding hydrogens is 269 g/mol. The van der Waals surface area contributed by atoms with Crippen molar-refractivity contribution in [2.45, 2.75) is 19.0 Å². The Morgan fingerprint density at radius 1 is 1.39 bits per heavy atom. The highest BCUT2D eigenvalue weighted by Crippen LogP contribution is 2.24. The van der Waals surface area contributed by atoms with Crippen molar-refractivity contribution in [3.8, 4) is 5.75 Å². The van der Waals surface area contributed by atoms with Crippen LogP contribution in [0.3, 0.4) is 0 Å². The molecule has 0 bridgehead atoms. The van der Waals surface area contributed by atoms with Crippen LogP contribution in [0, 0.1) is 5.41 Å². The molecule has 3 N–H and O–H groups in total. The van der Waals surface area contributed by atoms with E-state index in [1.807, 2.05) is 0 Å². The Labute approximate surface area is 107 Å². The molecular formula is C11H12ClF3N2O. The number of ether oxygens (including phenoxy) is 1. The third-order valence-corrected chi connectivity index (χ3v) is 2.42. The standard InChI is InChI=1S/C11H12ClF3N2O/c12-9-6-7(2-3-8(9)10(16)17)18-5-1-4-11(13,14)15/h2-3,6H,1,4-5H2,(H3,16,17). The minimum Gasteiger partial charge on any atom is -0.494 e. The van der Waals surface area contributed by atoms with E-state index in [-0.39, 0.29) is 23.9 Å². The number of alkyl halides is 3. The van der Waals surface area contributed by atoms with Crippen LogP contribution in [-0.2, 0) is 0 Å². The zero-order valence-corrected chi connectivity index (χ0v) is 10.1. The van der Waals surface area contributed by atoms with E-state index >= 15 is 0 Å². The summed E-state index contributed by atoms with van der Waals surface area (Å²) in [5.41, 5.74) is 5.63. The van der Waals surface area contributed by atoms with Crippen molar-refractivity contribution < 1.29 is 17.9 Å². The quantitative estimate of drug-likeness (QED) is 0.494. The van der Waals surface area contributed by atoms with E-state index in [9.17, 15) is 13.2 Å². The van der Waals surface area contributed by atoms with Gasteiger partial charge < -0.3 is 10.5 Å². The lowest BCUT2D eigenvalue weighted by Crippen LogP contribution is -2.12. The molecule has 0 aliphatic carbocycles. The molecule has 0 heterocycles. The van der Waals surface area contributed by atoms with Crippen LogP contribution in [0.4, 0.5) is 13.2 Å². The predicted octanol–water partition coefficient (Wildman–Crippen LogP) is 3.35. The largest absolute Gasteiger partial charge is 0.494 e. The lowest BCUT2D eigenvalue weighted by molar-refractivity contribution is -0.136. The van der Waals surface area contributed by atoms with E-state index in [1.165, 1.54) is 18.2 Å². The molecule has 0 fully saturated rings. The van der Waals surface area contributed by atoms with Crippen LogP contribution in [0.5, 0.6) is 5.75 Å². The molecule has 1 aromatic carbocycles. The van der Waals surface area contributed by atoms with Gasteiger partial charge in [0, 0.05) is 12.0 Å². The Hall–Kier alpha value is -1.43. The average molecular weight is 281 g/mol. The fourth-order valence-electron chi connectivity index (χ4n) is 1.27. The monoisotopic (exact) mass is 280 g/mol. The summed E-state index contributed by atoms with van der Waals surface area (Å²) in [7, 11) is 0. The third kappa shape index (κ3) is 4.83. The highest BCUT2D eigenvalue weighted by molar-refractivity contribution is 6.34. The number of nitrogens with one attached hydrogen (secondary N) is 1. The molecule has 0 spiro atoms. The molecule has 1 rings (SSSR count). The van der Waals surface area contributed by atoms with Crippen molar-refractivity contribution in [3.05, 3.63) is 28.8 Å². The summed E-state index contributed by atoms with van der Waals surface area (Å²) in [6, 6.07) is 4.42. The molecule has 0 unspecified atom stereocenters. The van der Waals surface area contributed by atoms with Crippen molar-refractivity contribution in [3.63, 3.8) is 0 Å². The predicted molar refractivity (Wildman–Crippen MR) is 63.3 cm³/mol. The maximum atomic E-state index is 11.9. The summed E-state index contributed by atoms with van der Waals surface area (Å²) in [4.78, 5) is 0. The molecule has 18 heavy (non-hydrogen) atoms. The zero-order valence-electron chi connectivity index (χ0n) is 9.35. The van der Waals surface area contributed by atoms with Crippen molar-refractivity contribution in [1.29, 1.82) is 5.41 Å². The smallest absolute Gasteiger partial charge is 0.389 e. The first-order valence-electron chi connectivity index (χ1n) is 5.13. The summed E-state index contributed by atoms with van der Waals surface area (Å²) in [5.74, 6) is 0.177. The summed E-state index contributed by atoms with van der Waals surface area (Å²) >= 11 is 5.83. The first kappa shape index (κ1) is 14.6. The van der Waals surface area contributed by atoms with Crippen LogP contribution in [0.2, 0.25) is 5.02 Å². The van der Waals surface area contributed by atoms with Gasteiger partial charge >= 0.3 is 6.18 Å². The molecule has 0 saturated carbocycles. The molecule has 0 amide bonds. The summed E-state index contributed by atoms with van der Waals surface area (Å²) < 4.78 is 40.7. The van der Waals surface area contributed by atoms with E-state index in [4.69, 9.17) is 27.5 Å². The van der Waals surface area contributed by atoms with Gasteiger partial charge in [0.1, 0.15) is 11.6 Å². The Morgan fingerprint density at radius 3 is 2.56 bits per heavy atom. The topological polar surface area (TPSA) is 59.1 Å². The second-order valence-corrected chi connectivity index (χ2v) is 4.03. The number of rotatable bonds is 5. The van der Waals surface area contributed by atoms with Crippen molar-refractivity contribution >= 4 is 17.4 Å². The van der Waals surface area contributed by atoms with Gasteiger partial charge in [-0.05, 0) is 24.6 Å². The molecule has 1 aromatic rings. The van der Waals surface area contributed by atoms with Gasteiger partial charge in [-0.1, -0.05) is 11.6 Å². The van der Waals surface area contributed by atoms with E-state index < -0.39 is 12.6 Å². The van der Waals surface area contributed by atoms with E-state index in [2.05, 4.69) is 0 Å². The number of nitrogens with two attached hydrogens (primary N) is 1. The minimum absolute atomic E-state index is 0.0464. The zero-order chi connectivity index (χ0) is 13.8. The average Bonchev–Trinajstić information content (AvgIpc) is 2.22. The first-order valence-corrected chi connectivity index (χ1v) is 5.51. The van der Waals surface area contributed by atoms with Gasteiger partial charge in [0.25, 0.3) is 0 Å². The number of hydrogen-bond acceptors (Lipinski definition) is 2. The summed E-state index contributed by atoms with van der Waals surface area (Å²) in [6.45, 7) is -0.0464. The summed E-state index contributed by atoms with van der Waals surface area (Å²) in [6.07, 6.45) is -5.17. The fourth-order valence-corrected chi connectivity index (χ4v) is 1.54. The maximum absolute atomic E-state index is 11.9. The van der Waals surface area contributed by atoms with Gasteiger partial charge in [-0.25, -0.2) is 0 Å². The van der Waals surface area contributed by atoms with Crippen molar-refractivity contribution in [2.75, 3.05) is 6.61 Å². The highest BCUT2D eigenvalue weighted by atomic mass is 35.5. The number of halogens is 4. The normalized spacial score (nSPS) is 11.3. The van der Waals surface area contributed by atoms with Crippen LogP contribution in [-0.4, -0.2) is 18.6 Å². The van der Waals surface area contributed by atoms with Crippen molar-refractivity contribution in [2.24, 2.45) is 5.73 Å². The Morgan fingerprint density at radius 2 is 2.06 bits per heavy atom. The lowest BCUT2D eigenvalue weighted by atomic mass is 10.2. The second-order valence-electron chi connectivity index (χ2n) is 3.62. The number of amidine groups is 1. The number of nitrogen functional groups attached to an aromatic ring is 1. The molecule has 100 valence electrons. The summed E-state index contributed by atoms with van der Waals surface area (Å²) in [5, 5.41) is 7.44. The van der Waals surface area contributed by atoms with E-state index in [0.717, 1.165) is 0 Å². The van der Waals surface area contributed by atoms with Gasteiger partial charge in [0.2, 0.25) is 0 Å². The molecule has 0 saturated heterocycles. The maximum Gasteiger partial charge on any atom is 0.389 e. The van der Waals surface area contributed by atoms with Gasteiger partial charge in [-0.2, -0.15) is 13.2 Å². The van der Waals surface area contributed by atoms with Crippen LogP contribution in [0.15, 0.2) is 18.2 Å². The Kier molecular flexibility index (Phi) is 4.84. The highest BCUT2D eigenvalue weighted by Gasteiger charge is 2.26. The Bertz CT molecular complexity index is 435. The minimum atomic E-state index is -4.17. The van der Waals surface area contributed by atoms with E-state index in [0.29, 0.717) is 11.3 Å². The van der Waals surface area contributed by atoms with Gasteiger partial charge in [0.05, 0.1) is 11.6 Å². The number of benzene rings is 1. The van der Waals surface area contributed by atoms with Crippen molar-refractivity contribution in [1.82, 2.24) is 0 Å². The van der Waals surface area contributed by atoms with Gasteiger partial charge in [-0.3, -0.25) is 5.41 Å². The first-order chi connectivity index (χ1) is 8.29. The molecule has 0 aliphatic heterocycles.